The van der Waals surface area contributed by atoms with E-state index in [4.69, 9.17) is 0 Å². The first kappa shape index (κ1) is 13.3. The van der Waals surface area contributed by atoms with Crippen LogP contribution in [-0.4, -0.2) is 30.3 Å². The molecule has 0 unspecified atom stereocenters. The molecule has 0 saturated carbocycles. The molecule has 1 fully saturated rings. The summed E-state index contributed by atoms with van der Waals surface area (Å²) in [5.41, 5.74) is 0.848. The van der Waals surface area contributed by atoms with Crippen molar-refractivity contribution in [3.63, 3.8) is 0 Å². The number of nitrogens with zero attached hydrogens (tertiary/aromatic N) is 1. The van der Waals surface area contributed by atoms with E-state index < -0.39 is 0 Å². The summed E-state index contributed by atoms with van der Waals surface area (Å²) in [5.74, 6) is 1.18. The van der Waals surface area contributed by atoms with E-state index in [1.54, 1.807) is 0 Å². The van der Waals surface area contributed by atoms with E-state index >= 15 is 0 Å². The van der Waals surface area contributed by atoms with E-state index in [1.807, 2.05) is 30.3 Å². The highest BCUT2D eigenvalue weighted by Crippen LogP contribution is 2.20. The van der Waals surface area contributed by atoms with Gasteiger partial charge in [0.2, 0.25) is 0 Å². The van der Waals surface area contributed by atoms with Crippen molar-refractivity contribution in [1.29, 1.82) is 0 Å². The monoisotopic (exact) mass is 245 g/mol. The molecule has 0 atom stereocenters. The number of hydrogen-bond acceptors (Lipinski definition) is 2. The van der Waals surface area contributed by atoms with E-state index in [1.165, 1.54) is 32.4 Å². The minimum Gasteiger partial charge on any atom is -0.303 e. The minimum absolute atomic E-state index is 0.271. The van der Waals surface area contributed by atoms with Crippen molar-refractivity contribution in [2.75, 3.05) is 19.6 Å². The second-order valence-electron chi connectivity index (χ2n) is 5.23. The van der Waals surface area contributed by atoms with E-state index in [0.29, 0.717) is 6.42 Å². The predicted octanol–water partition coefficient (Wildman–Crippen LogP) is 3.38. The Labute approximate surface area is 110 Å². The van der Waals surface area contributed by atoms with E-state index in [9.17, 15) is 4.79 Å². The van der Waals surface area contributed by atoms with Gasteiger partial charge in [-0.25, -0.2) is 0 Å². The lowest BCUT2D eigenvalue weighted by atomic mass is 9.94. The number of Topliss-reactive ketones (excluding diaryl/α,β-unsaturated/α-hetero) is 1. The normalized spacial score (nSPS) is 17.8. The fourth-order valence-corrected chi connectivity index (χ4v) is 2.65. The summed E-state index contributed by atoms with van der Waals surface area (Å²) in [4.78, 5) is 14.4. The molecule has 0 N–H and O–H groups in total. The smallest absolute Gasteiger partial charge is 0.164 e. The van der Waals surface area contributed by atoms with E-state index in [0.717, 1.165) is 18.0 Å². The molecular formula is C16H23NO. The second-order valence-corrected chi connectivity index (χ2v) is 5.23. The Morgan fingerprint density at radius 2 is 1.89 bits per heavy atom. The van der Waals surface area contributed by atoms with Gasteiger partial charge in [0.15, 0.2) is 5.78 Å². The van der Waals surface area contributed by atoms with Gasteiger partial charge in [-0.05, 0) is 31.8 Å². The average Bonchev–Trinajstić information content (AvgIpc) is 2.46. The van der Waals surface area contributed by atoms with Gasteiger partial charge in [0.05, 0.1) is 0 Å². The first-order valence-electron chi connectivity index (χ1n) is 7.10. The van der Waals surface area contributed by atoms with E-state index in [-0.39, 0.29) is 5.78 Å². The Morgan fingerprint density at radius 3 is 2.50 bits per heavy atom. The lowest BCUT2D eigenvalue weighted by Gasteiger charge is -2.31. The number of rotatable bonds is 5. The van der Waals surface area contributed by atoms with Gasteiger partial charge < -0.3 is 4.90 Å². The van der Waals surface area contributed by atoms with Crippen LogP contribution in [-0.2, 0) is 0 Å². The Morgan fingerprint density at radius 1 is 1.22 bits per heavy atom. The molecule has 0 bridgehead atoms. The summed E-state index contributed by atoms with van der Waals surface area (Å²) in [7, 11) is 0. The van der Waals surface area contributed by atoms with Crippen molar-refractivity contribution >= 4 is 5.78 Å². The van der Waals surface area contributed by atoms with Crippen LogP contribution in [0.4, 0.5) is 0 Å². The summed E-state index contributed by atoms with van der Waals surface area (Å²) in [6, 6.07) is 9.63. The lowest BCUT2D eigenvalue weighted by Crippen LogP contribution is -2.35. The van der Waals surface area contributed by atoms with Crippen LogP contribution in [0.3, 0.4) is 0 Å². The Balaban J connectivity index is 1.74. The Kier molecular flexibility index (Phi) is 4.94. The van der Waals surface area contributed by atoms with Crippen LogP contribution in [0.15, 0.2) is 30.3 Å². The van der Waals surface area contributed by atoms with Crippen LogP contribution in [0.1, 0.15) is 43.0 Å². The minimum atomic E-state index is 0.271. The molecule has 0 spiro atoms. The van der Waals surface area contributed by atoms with Crippen LogP contribution < -0.4 is 0 Å². The molecule has 0 aliphatic carbocycles. The molecule has 0 amide bonds. The zero-order valence-corrected chi connectivity index (χ0v) is 11.3. The van der Waals surface area contributed by atoms with Crippen LogP contribution in [0.25, 0.3) is 0 Å². The highest BCUT2D eigenvalue weighted by Gasteiger charge is 2.18. The first-order chi connectivity index (χ1) is 8.79. The van der Waals surface area contributed by atoms with Gasteiger partial charge in [-0.3, -0.25) is 4.79 Å². The summed E-state index contributed by atoms with van der Waals surface area (Å²) in [5, 5.41) is 0. The molecule has 98 valence electrons. The topological polar surface area (TPSA) is 20.3 Å². The van der Waals surface area contributed by atoms with Crippen molar-refractivity contribution < 1.29 is 4.79 Å². The van der Waals surface area contributed by atoms with Crippen molar-refractivity contribution in [2.45, 2.75) is 32.6 Å². The number of piperidine rings is 1. The van der Waals surface area contributed by atoms with Crippen molar-refractivity contribution in [3.05, 3.63) is 35.9 Å². The quantitative estimate of drug-likeness (QED) is 0.741. The van der Waals surface area contributed by atoms with Crippen molar-refractivity contribution in [3.8, 4) is 0 Å². The largest absolute Gasteiger partial charge is 0.303 e. The standard InChI is InChI=1S/C16H23NO/c1-2-14-8-11-17(12-9-14)13-10-16(18)15-6-4-3-5-7-15/h3-7,14H,2,8-13H2,1H3. The summed E-state index contributed by atoms with van der Waals surface area (Å²) in [6.45, 7) is 5.53. The van der Waals surface area contributed by atoms with Crippen LogP contribution in [0.5, 0.6) is 0 Å². The molecule has 1 saturated heterocycles. The predicted molar refractivity (Wildman–Crippen MR) is 74.8 cm³/mol. The first-order valence-corrected chi connectivity index (χ1v) is 7.10. The molecule has 2 heteroatoms. The molecule has 2 nitrogen and oxygen atoms in total. The Hall–Kier alpha value is -1.15. The Bertz CT molecular complexity index is 366. The van der Waals surface area contributed by atoms with Gasteiger partial charge in [-0.15, -0.1) is 0 Å². The number of benzene rings is 1. The molecule has 0 aromatic heterocycles. The number of carbonyl (C=O) groups is 1. The zero-order chi connectivity index (χ0) is 12.8. The number of carbonyl (C=O) groups excluding carboxylic acids is 1. The van der Waals surface area contributed by atoms with Crippen LogP contribution in [0.2, 0.25) is 0 Å². The highest BCUT2D eigenvalue weighted by atomic mass is 16.1. The van der Waals surface area contributed by atoms with Gasteiger partial charge in [-0.2, -0.15) is 0 Å². The fourth-order valence-electron chi connectivity index (χ4n) is 2.65. The molecule has 1 aromatic rings. The maximum atomic E-state index is 12.0. The number of likely N-dealkylation sites (tertiary alicyclic amines) is 1. The molecule has 1 heterocycles. The van der Waals surface area contributed by atoms with Crippen molar-refractivity contribution in [2.24, 2.45) is 5.92 Å². The van der Waals surface area contributed by atoms with Crippen molar-refractivity contribution in [1.82, 2.24) is 4.90 Å². The van der Waals surface area contributed by atoms with Crippen LogP contribution in [0, 0.1) is 5.92 Å². The maximum absolute atomic E-state index is 12.0. The summed E-state index contributed by atoms with van der Waals surface area (Å²) >= 11 is 0. The summed E-state index contributed by atoms with van der Waals surface area (Å²) in [6.07, 6.45) is 4.56. The third kappa shape index (κ3) is 3.67. The number of ketones is 1. The van der Waals surface area contributed by atoms with Gasteiger partial charge in [0, 0.05) is 18.5 Å². The number of hydrogen-bond donors (Lipinski definition) is 0. The molecule has 18 heavy (non-hydrogen) atoms. The molecule has 0 radical (unpaired) electrons. The molecule has 2 rings (SSSR count). The highest BCUT2D eigenvalue weighted by molar-refractivity contribution is 5.96. The van der Waals surface area contributed by atoms with Gasteiger partial charge >= 0.3 is 0 Å². The SMILES string of the molecule is CCC1CCN(CCC(=O)c2ccccc2)CC1. The second kappa shape index (κ2) is 6.69. The molecule has 1 aromatic carbocycles. The van der Waals surface area contributed by atoms with Crippen LogP contribution >= 0.6 is 0 Å². The third-order valence-electron chi connectivity index (χ3n) is 4.04. The maximum Gasteiger partial charge on any atom is 0.164 e. The fraction of sp³-hybridized carbons (Fsp3) is 0.562. The zero-order valence-electron chi connectivity index (χ0n) is 11.3. The summed E-state index contributed by atoms with van der Waals surface area (Å²) < 4.78 is 0. The van der Waals surface area contributed by atoms with Gasteiger partial charge in [0.1, 0.15) is 0 Å². The average molecular weight is 245 g/mol. The molecule has 1 aliphatic rings. The lowest BCUT2D eigenvalue weighted by molar-refractivity contribution is 0.0950. The van der Waals surface area contributed by atoms with E-state index in [2.05, 4.69) is 11.8 Å². The third-order valence-corrected chi connectivity index (χ3v) is 4.04. The molecular weight excluding hydrogens is 222 g/mol. The van der Waals surface area contributed by atoms with Gasteiger partial charge in [0.25, 0.3) is 0 Å². The molecule has 1 aliphatic heterocycles. The van der Waals surface area contributed by atoms with Gasteiger partial charge in [-0.1, -0.05) is 43.7 Å².